The van der Waals surface area contributed by atoms with Crippen molar-refractivity contribution in [3.05, 3.63) is 24.6 Å². The molecule has 25 heavy (non-hydrogen) atoms. The van der Waals surface area contributed by atoms with Crippen LogP contribution >= 0.6 is 0 Å². The number of nitrogens with zero attached hydrogens (tertiary/aromatic N) is 1. The van der Waals surface area contributed by atoms with Gasteiger partial charge in [0.25, 0.3) is 0 Å². The Bertz CT molecular complexity index is 419. The van der Waals surface area contributed by atoms with Crippen LogP contribution in [0.4, 0.5) is 0 Å². The average Bonchev–Trinajstić information content (AvgIpc) is 2.99. The molecule has 0 aromatic carbocycles. The summed E-state index contributed by atoms with van der Waals surface area (Å²) in [5.41, 5.74) is 0. The Labute approximate surface area is 155 Å². The lowest BCUT2D eigenvalue weighted by atomic mass is 10.1. The van der Waals surface area contributed by atoms with Crippen LogP contribution in [0.1, 0.15) is 78.6 Å². The van der Waals surface area contributed by atoms with E-state index in [-0.39, 0.29) is 5.91 Å². The Morgan fingerprint density at radius 2 is 1.84 bits per heavy atom. The van der Waals surface area contributed by atoms with E-state index >= 15 is 0 Å². The third kappa shape index (κ3) is 8.57. The number of rotatable bonds is 14. The molecule has 4 nitrogen and oxygen atoms in total. The van der Waals surface area contributed by atoms with Crippen molar-refractivity contribution >= 4 is 5.91 Å². The fourth-order valence-corrected chi connectivity index (χ4v) is 3.57. The first-order valence-electron chi connectivity index (χ1n) is 10.3. The van der Waals surface area contributed by atoms with Gasteiger partial charge in [-0.1, -0.05) is 38.3 Å². The standard InChI is InChI=1S/C21H39N3O/c1-4-6-7-8-9-10-11-12-13-14-15-21-23-17-19-24(21,5-2)18-16-22-20(3)25/h10-11,17,19,21,23H,4-9,12-16,18H2,1-3H3/p+1/b11-10+. The van der Waals surface area contributed by atoms with Crippen molar-refractivity contribution < 1.29 is 9.28 Å². The molecule has 1 rings (SSSR count). The highest BCUT2D eigenvalue weighted by Gasteiger charge is 2.35. The maximum Gasteiger partial charge on any atom is 0.217 e. The highest BCUT2D eigenvalue weighted by Crippen LogP contribution is 2.22. The molecule has 0 saturated carbocycles. The molecule has 4 heteroatoms. The Balaban J connectivity index is 2.19. The topological polar surface area (TPSA) is 41.1 Å². The van der Waals surface area contributed by atoms with Crippen LogP contribution in [0, 0.1) is 0 Å². The number of quaternary nitrogens is 1. The summed E-state index contributed by atoms with van der Waals surface area (Å²) in [5.74, 6) is 0.0587. The van der Waals surface area contributed by atoms with Crippen LogP contribution in [-0.4, -0.2) is 36.2 Å². The second-order valence-corrected chi connectivity index (χ2v) is 7.23. The van der Waals surface area contributed by atoms with Crippen LogP contribution < -0.4 is 10.6 Å². The van der Waals surface area contributed by atoms with E-state index in [1.807, 2.05) is 0 Å². The van der Waals surface area contributed by atoms with Gasteiger partial charge >= 0.3 is 0 Å². The Morgan fingerprint density at radius 3 is 2.48 bits per heavy atom. The predicted octanol–water partition coefficient (Wildman–Crippen LogP) is 4.45. The molecular formula is C21H40N3O+. The van der Waals surface area contributed by atoms with Gasteiger partial charge in [-0.3, -0.25) is 9.28 Å². The van der Waals surface area contributed by atoms with E-state index in [0.717, 1.165) is 24.1 Å². The molecule has 1 amide bonds. The Kier molecular flexibility index (Phi) is 11.3. The zero-order valence-corrected chi connectivity index (χ0v) is 16.7. The number of likely N-dealkylation sites (N-methyl/N-ethyl adjacent to an activating group) is 1. The van der Waals surface area contributed by atoms with Gasteiger partial charge in [0.05, 0.1) is 19.3 Å². The second kappa shape index (κ2) is 13.0. The number of allylic oxidation sites excluding steroid dienone is 2. The van der Waals surface area contributed by atoms with Gasteiger partial charge in [0.2, 0.25) is 5.91 Å². The molecule has 1 heterocycles. The van der Waals surface area contributed by atoms with Crippen LogP contribution in [0.2, 0.25) is 0 Å². The molecule has 0 fully saturated rings. The third-order valence-electron chi connectivity index (χ3n) is 5.26. The maximum absolute atomic E-state index is 11.1. The van der Waals surface area contributed by atoms with E-state index in [9.17, 15) is 4.79 Å². The van der Waals surface area contributed by atoms with Crippen LogP contribution in [0.5, 0.6) is 0 Å². The summed E-state index contributed by atoms with van der Waals surface area (Å²) in [4.78, 5) is 11.1. The van der Waals surface area contributed by atoms with Crippen LogP contribution in [0.15, 0.2) is 24.6 Å². The molecule has 0 radical (unpaired) electrons. The lowest BCUT2D eigenvalue weighted by Crippen LogP contribution is -2.55. The lowest BCUT2D eigenvalue weighted by Gasteiger charge is -2.37. The van der Waals surface area contributed by atoms with Gasteiger partial charge in [-0.2, -0.15) is 0 Å². The maximum atomic E-state index is 11.1. The van der Waals surface area contributed by atoms with Gasteiger partial charge in [0.1, 0.15) is 12.7 Å². The summed E-state index contributed by atoms with van der Waals surface area (Å²) >= 11 is 0. The van der Waals surface area contributed by atoms with Crippen molar-refractivity contribution in [2.45, 2.75) is 84.7 Å². The highest BCUT2D eigenvalue weighted by atomic mass is 16.1. The van der Waals surface area contributed by atoms with Gasteiger partial charge in [0, 0.05) is 13.3 Å². The smallest absolute Gasteiger partial charge is 0.217 e. The van der Waals surface area contributed by atoms with E-state index in [1.54, 1.807) is 6.92 Å². The SMILES string of the molecule is CCCCCC/C=C/CCCCC1NC=C[N+]1(CC)CCNC(C)=O. The summed E-state index contributed by atoms with van der Waals surface area (Å²) in [5, 5.41) is 6.46. The minimum absolute atomic E-state index is 0.0587. The molecule has 0 spiro atoms. The molecule has 144 valence electrons. The van der Waals surface area contributed by atoms with Crippen molar-refractivity contribution in [3.8, 4) is 0 Å². The van der Waals surface area contributed by atoms with Gasteiger partial charge in [0.15, 0.2) is 6.17 Å². The molecule has 0 bridgehead atoms. The second-order valence-electron chi connectivity index (χ2n) is 7.23. The van der Waals surface area contributed by atoms with Crippen molar-refractivity contribution in [2.75, 3.05) is 19.6 Å². The lowest BCUT2D eigenvalue weighted by molar-refractivity contribution is -0.898. The van der Waals surface area contributed by atoms with Gasteiger partial charge in [-0.15, -0.1) is 0 Å². The minimum atomic E-state index is 0.0587. The van der Waals surface area contributed by atoms with Crippen molar-refractivity contribution in [1.82, 2.24) is 10.6 Å². The van der Waals surface area contributed by atoms with Crippen LogP contribution in [0.3, 0.4) is 0 Å². The quantitative estimate of drug-likeness (QED) is 0.276. The van der Waals surface area contributed by atoms with Gasteiger partial charge < -0.3 is 10.6 Å². The molecular weight excluding hydrogens is 310 g/mol. The molecule has 2 atom stereocenters. The largest absolute Gasteiger partial charge is 0.351 e. The first kappa shape index (κ1) is 21.8. The molecule has 0 aromatic rings. The fourth-order valence-electron chi connectivity index (χ4n) is 3.57. The Morgan fingerprint density at radius 1 is 1.12 bits per heavy atom. The summed E-state index contributed by atoms with van der Waals surface area (Å²) in [7, 11) is 0. The first-order valence-corrected chi connectivity index (χ1v) is 10.3. The minimum Gasteiger partial charge on any atom is -0.351 e. The normalized spacial score (nSPS) is 22.4. The molecule has 1 aliphatic rings. The van der Waals surface area contributed by atoms with Crippen LogP contribution in [-0.2, 0) is 4.79 Å². The van der Waals surface area contributed by atoms with Crippen molar-refractivity contribution in [2.24, 2.45) is 0 Å². The first-order chi connectivity index (χ1) is 12.1. The molecule has 1 aliphatic heterocycles. The van der Waals surface area contributed by atoms with E-state index in [1.165, 1.54) is 57.8 Å². The van der Waals surface area contributed by atoms with Gasteiger partial charge in [-0.05, 0) is 39.0 Å². The van der Waals surface area contributed by atoms with Crippen molar-refractivity contribution in [1.29, 1.82) is 0 Å². The number of amides is 1. The fraction of sp³-hybridized carbons (Fsp3) is 0.762. The molecule has 0 aliphatic carbocycles. The van der Waals surface area contributed by atoms with E-state index in [2.05, 4.69) is 49.0 Å². The Hall–Kier alpha value is -1.29. The summed E-state index contributed by atoms with van der Waals surface area (Å²) in [6.07, 6.45) is 21.1. The summed E-state index contributed by atoms with van der Waals surface area (Å²) in [6, 6.07) is 0. The number of nitrogens with one attached hydrogen (secondary N) is 2. The third-order valence-corrected chi connectivity index (χ3v) is 5.26. The monoisotopic (exact) mass is 350 g/mol. The van der Waals surface area contributed by atoms with E-state index in [0.29, 0.717) is 6.17 Å². The van der Waals surface area contributed by atoms with E-state index < -0.39 is 0 Å². The summed E-state index contributed by atoms with van der Waals surface area (Å²) in [6.45, 7) is 8.85. The molecule has 0 saturated heterocycles. The number of hydrogen-bond acceptors (Lipinski definition) is 2. The molecule has 2 N–H and O–H groups in total. The average molecular weight is 351 g/mol. The zero-order valence-electron chi connectivity index (χ0n) is 16.7. The molecule has 0 aromatic heterocycles. The number of unbranched alkanes of at least 4 members (excludes halogenated alkanes) is 6. The predicted molar refractivity (Wildman–Crippen MR) is 107 cm³/mol. The number of hydrogen-bond donors (Lipinski definition) is 2. The number of carbonyl (C=O) groups excluding carboxylic acids is 1. The van der Waals surface area contributed by atoms with Crippen molar-refractivity contribution in [3.63, 3.8) is 0 Å². The van der Waals surface area contributed by atoms with Crippen LogP contribution in [0.25, 0.3) is 0 Å². The van der Waals surface area contributed by atoms with Gasteiger partial charge in [-0.25, -0.2) is 0 Å². The number of carbonyl (C=O) groups is 1. The zero-order chi connectivity index (χ0) is 18.4. The van der Waals surface area contributed by atoms with E-state index in [4.69, 9.17) is 0 Å². The summed E-state index contributed by atoms with van der Waals surface area (Å²) < 4.78 is 0.938. The molecule has 2 unspecified atom stereocenters. The highest BCUT2D eigenvalue weighted by molar-refractivity contribution is 5.72.